The van der Waals surface area contributed by atoms with E-state index in [2.05, 4.69) is 4.98 Å². The van der Waals surface area contributed by atoms with Crippen LogP contribution in [-0.4, -0.2) is 37.5 Å². The van der Waals surface area contributed by atoms with Crippen LogP contribution in [0.3, 0.4) is 0 Å². The molecule has 112 valence electrons. The Morgan fingerprint density at radius 2 is 2.29 bits per heavy atom. The summed E-state index contributed by atoms with van der Waals surface area (Å²) in [4.78, 5) is 25.4. The molecule has 2 aromatic heterocycles. The second-order valence-corrected chi connectivity index (χ2v) is 5.24. The van der Waals surface area contributed by atoms with Crippen LogP contribution in [0.1, 0.15) is 19.5 Å². The first-order valence-electron chi connectivity index (χ1n) is 6.25. The minimum atomic E-state index is -1.12. The SMILES string of the molecule is CC(C)(Cc1cnc2c(OCC(=O)O)cccn12)[N+](=O)[O-]. The third-order valence-electron chi connectivity index (χ3n) is 3.04. The molecule has 0 atom stereocenters. The smallest absolute Gasteiger partial charge is 0.341 e. The van der Waals surface area contributed by atoms with Crippen molar-refractivity contribution in [2.24, 2.45) is 0 Å². The van der Waals surface area contributed by atoms with Gasteiger partial charge in [0, 0.05) is 36.9 Å². The molecule has 2 rings (SSSR count). The molecule has 0 unspecified atom stereocenters. The molecule has 21 heavy (non-hydrogen) atoms. The number of aliphatic carboxylic acids is 1. The number of ether oxygens (including phenoxy) is 1. The Kier molecular flexibility index (Phi) is 3.79. The minimum absolute atomic E-state index is 0.198. The summed E-state index contributed by atoms with van der Waals surface area (Å²) >= 11 is 0. The van der Waals surface area contributed by atoms with E-state index >= 15 is 0 Å². The molecule has 2 heterocycles. The van der Waals surface area contributed by atoms with Gasteiger partial charge >= 0.3 is 5.97 Å². The van der Waals surface area contributed by atoms with Crippen LogP contribution >= 0.6 is 0 Å². The number of hydrogen-bond acceptors (Lipinski definition) is 5. The van der Waals surface area contributed by atoms with Gasteiger partial charge in [0.05, 0.1) is 6.42 Å². The fourth-order valence-corrected chi connectivity index (χ4v) is 1.93. The van der Waals surface area contributed by atoms with E-state index in [4.69, 9.17) is 9.84 Å². The lowest BCUT2D eigenvalue weighted by atomic mass is 10.00. The van der Waals surface area contributed by atoms with Crippen LogP contribution in [0.2, 0.25) is 0 Å². The van der Waals surface area contributed by atoms with E-state index in [1.165, 1.54) is 20.0 Å². The Labute approximate surface area is 120 Å². The van der Waals surface area contributed by atoms with Gasteiger partial charge in [-0.2, -0.15) is 0 Å². The normalized spacial score (nSPS) is 11.5. The van der Waals surface area contributed by atoms with E-state index in [0.717, 1.165) is 0 Å². The number of fused-ring (bicyclic) bond motifs is 1. The molecule has 0 fully saturated rings. The lowest BCUT2D eigenvalue weighted by Gasteiger charge is -2.15. The van der Waals surface area contributed by atoms with Crippen molar-refractivity contribution in [3.05, 3.63) is 40.3 Å². The number of nitro groups is 1. The number of imidazole rings is 1. The minimum Gasteiger partial charge on any atom is -0.479 e. The predicted molar refractivity (Wildman–Crippen MR) is 73.1 cm³/mol. The van der Waals surface area contributed by atoms with Crippen LogP contribution in [-0.2, 0) is 11.2 Å². The van der Waals surface area contributed by atoms with Gasteiger partial charge < -0.3 is 14.2 Å². The Bertz CT molecular complexity index is 692. The molecule has 1 N–H and O–H groups in total. The maximum absolute atomic E-state index is 11.0. The molecule has 8 nitrogen and oxygen atoms in total. The zero-order valence-electron chi connectivity index (χ0n) is 11.6. The van der Waals surface area contributed by atoms with Crippen molar-refractivity contribution >= 4 is 11.6 Å². The third-order valence-corrected chi connectivity index (χ3v) is 3.04. The first-order valence-corrected chi connectivity index (χ1v) is 6.25. The molecule has 0 bridgehead atoms. The standard InChI is InChI=1S/C13H15N3O5/c1-13(2,16(19)20)6-9-7-14-12-10(21-8-11(17)18)4-3-5-15(9)12/h3-5,7H,6,8H2,1-2H3,(H,17,18). The zero-order valence-corrected chi connectivity index (χ0v) is 11.6. The quantitative estimate of drug-likeness (QED) is 0.637. The summed E-state index contributed by atoms with van der Waals surface area (Å²) in [6.07, 6.45) is 3.44. The molecule has 8 heteroatoms. The summed E-state index contributed by atoms with van der Waals surface area (Å²) in [5.74, 6) is -0.761. The van der Waals surface area contributed by atoms with Crippen molar-refractivity contribution < 1.29 is 19.6 Å². The largest absolute Gasteiger partial charge is 0.479 e. The van der Waals surface area contributed by atoms with E-state index in [0.29, 0.717) is 17.1 Å². The van der Waals surface area contributed by atoms with Crippen molar-refractivity contribution in [2.75, 3.05) is 6.61 Å². The average molecular weight is 293 g/mol. The highest BCUT2D eigenvalue weighted by Gasteiger charge is 2.32. The molecule has 0 radical (unpaired) electrons. The van der Waals surface area contributed by atoms with Crippen LogP contribution in [0, 0.1) is 10.1 Å². The van der Waals surface area contributed by atoms with Crippen LogP contribution in [0.4, 0.5) is 0 Å². The van der Waals surface area contributed by atoms with Crippen molar-refractivity contribution in [2.45, 2.75) is 25.8 Å². The van der Waals surface area contributed by atoms with E-state index < -0.39 is 18.1 Å². The zero-order chi connectivity index (χ0) is 15.6. The van der Waals surface area contributed by atoms with Gasteiger partial charge in [-0.3, -0.25) is 10.1 Å². The molecule has 2 aromatic rings. The van der Waals surface area contributed by atoms with E-state index in [1.807, 2.05) is 0 Å². The van der Waals surface area contributed by atoms with Crippen molar-refractivity contribution in [3.63, 3.8) is 0 Å². The molecular weight excluding hydrogens is 278 g/mol. The highest BCUT2D eigenvalue weighted by molar-refractivity contribution is 5.69. The van der Waals surface area contributed by atoms with Gasteiger partial charge in [-0.25, -0.2) is 9.78 Å². The van der Waals surface area contributed by atoms with Crippen LogP contribution in [0.5, 0.6) is 5.75 Å². The Balaban J connectivity index is 2.34. The number of nitrogens with zero attached hydrogens (tertiary/aromatic N) is 3. The fraction of sp³-hybridized carbons (Fsp3) is 0.385. The van der Waals surface area contributed by atoms with Gasteiger partial charge in [0.1, 0.15) is 0 Å². The maximum atomic E-state index is 11.0. The summed E-state index contributed by atoms with van der Waals surface area (Å²) < 4.78 is 6.82. The van der Waals surface area contributed by atoms with Gasteiger partial charge in [0.25, 0.3) is 0 Å². The van der Waals surface area contributed by atoms with Crippen molar-refractivity contribution in [3.8, 4) is 5.75 Å². The highest BCUT2D eigenvalue weighted by Crippen LogP contribution is 2.22. The van der Waals surface area contributed by atoms with Gasteiger partial charge in [-0.15, -0.1) is 0 Å². The molecular formula is C13H15N3O5. The average Bonchev–Trinajstić information content (AvgIpc) is 2.79. The number of pyridine rings is 1. The Morgan fingerprint density at radius 3 is 2.90 bits per heavy atom. The first kappa shape index (κ1) is 14.8. The second kappa shape index (κ2) is 5.39. The summed E-state index contributed by atoms with van der Waals surface area (Å²) in [5, 5.41) is 19.7. The predicted octanol–water partition coefficient (Wildman–Crippen LogP) is 1.40. The van der Waals surface area contributed by atoms with Crippen molar-refractivity contribution in [1.29, 1.82) is 0 Å². The summed E-state index contributed by atoms with van der Waals surface area (Å²) in [6, 6.07) is 3.28. The molecule has 0 aliphatic heterocycles. The van der Waals surface area contributed by atoms with Gasteiger partial charge in [-0.05, 0) is 12.1 Å². The second-order valence-electron chi connectivity index (χ2n) is 5.24. The number of carboxylic acids is 1. The van der Waals surface area contributed by atoms with Crippen LogP contribution < -0.4 is 4.74 Å². The summed E-state index contributed by atoms with van der Waals surface area (Å²) in [5.41, 5.74) is -0.0196. The molecule has 0 amide bonds. The summed E-state index contributed by atoms with van der Waals surface area (Å²) in [7, 11) is 0. The van der Waals surface area contributed by atoms with E-state index in [9.17, 15) is 14.9 Å². The number of hydrogen-bond donors (Lipinski definition) is 1. The molecule has 0 saturated heterocycles. The fourth-order valence-electron chi connectivity index (χ4n) is 1.93. The van der Waals surface area contributed by atoms with Crippen LogP contribution in [0.25, 0.3) is 5.65 Å². The van der Waals surface area contributed by atoms with Gasteiger partial charge in [-0.1, -0.05) is 0 Å². The lowest BCUT2D eigenvalue weighted by molar-refractivity contribution is -0.560. The molecule has 0 aliphatic carbocycles. The Morgan fingerprint density at radius 1 is 1.57 bits per heavy atom. The molecule has 0 spiro atoms. The molecule has 0 aliphatic rings. The number of carbonyl (C=O) groups is 1. The maximum Gasteiger partial charge on any atom is 0.341 e. The molecule has 0 saturated carbocycles. The monoisotopic (exact) mass is 293 g/mol. The number of aromatic nitrogens is 2. The van der Waals surface area contributed by atoms with Gasteiger partial charge in [0.2, 0.25) is 5.54 Å². The third kappa shape index (κ3) is 3.10. The summed E-state index contributed by atoms with van der Waals surface area (Å²) in [6.45, 7) is 2.61. The van der Waals surface area contributed by atoms with E-state index in [-0.39, 0.29) is 11.3 Å². The van der Waals surface area contributed by atoms with Crippen molar-refractivity contribution in [1.82, 2.24) is 9.38 Å². The highest BCUT2D eigenvalue weighted by atomic mass is 16.6. The Hall–Kier alpha value is -2.64. The lowest BCUT2D eigenvalue weighted by Crippen LogP contribution is -2.33. The number of rotatable bonds is 6. The first-order chi connectivity index (χ1) is 9.81. The molecule has 0 aromatic carbocycles. The topological polar surface area (TPSA) is 107 Å². The van der Waals surface area contributed by atoms with Gasteiger partial charge in [0.15, 0.2) is 18.0 Å². The van der Waals surface area contributed by atoms with E-state index in [1.54, 1.807) is 22.7 Å². The van der Waals surface area contributed by atoms with Crippen LogP contribution in [0.15, 0.2) is 24.5 Å². The number of carboxylic acid groups (broad SMARTS) is 1.